The summed E-state index contributed by atoms with van der Waals surface area (Å²) in [7, 11) is 1.65. The van der Waals surface area contributed by atoms with Gasteiger partial charge in [0.15, 0.2) is 5.82 Å². The Kier molecular flexibility index (Phi) is 6.04. The first kappa shape index (κ1) is 15.7. The van der Waals surface area contributed by atoms with Crippen LogP contribution >= 0.6 is 11.5 Å². The number of nitrogens with zero attached hydrogens (tertiary/aromatic N) is 2. The highest BCUT2D eigenvalue weighted by molar-refractivity contribution is 7.11. The predicted octanol–water partition coefficient (Wildman–Crippen LogP) is 1.47. The molecule has 0 fully saturated rings. The normalized spacial score (nSPS) is 10.9. The van der Waals surface area contributed by atoms with Crippen molar-refractivity contribution in [3.05, 3.63) is 5.56 Å². The molecule has 0 aliphatic carbocycles. The van der Waals surface area contributed by atoms with E-state index in [2.05, 4.69) is 23.1 Å². The molecule has 19 heavy (non-hydrogen) atoms. The lowest BCUT2D eigenvalue weighted by atomic mass is 10.1. The molecular weight excluding hydrogens is 264 g/mol. The van der Waals surface area contributed by atoms with Gasteiger partial charge in [-0.3, -0.25) is 4.79 Å². The third-order valence-corrected chi connectivity index (χ3v) is 4.03. The molecule has 6 nitrogen and oxygen atoms in total. The van der Waals surface area contributed by atoms with E-state index in [-0.39, 0.29) is 5.82 Å². The van der Waals surface area contributed by atoms with Gasteiger partial charge in [0.25, 0.3) is 5.91 Å². The summed E-state index contributed by atoms with van der Waals surface area (Å²) in [5, 5.41) is 0.746. The molecule has 0 aliphatic heterocycles. The van der Waals surface area contributed by atoms with Gasteiger partial charge in [-0.15, -0.1) is 0 Å². The van der Waals surface area contributed by atoms with Crippen LogP contribution in [0.1, 0.15) is 37.0 Å². The Morgan fingerprint density at radius 3 is 2.58 bits per heavy atom. The van der Waals surface area contributed by atoms with E-state index >= 15 is 0 Å². The van der Waals surface area contributed by atoms with Crippen LogP contribution in [0.15, 0.2) is 0 Å². The number of rotatable bonds is 8. The molecule has 0 aromatic carbocycles. The Labute approximate surface area is 117 Å². The zero-order valence-corrected chi connectivity index (χ0v) is 12.5. The number of ether oxygens (including phenoxy) is 1. The minimum Gasteiger partial charge on any atom is -0.383 e. The first-order chi connectivity index (χ1) is 9.06. The Morgan fingerprint density at radius 1 is 1.47 bits per heavy atom. The summed E-state index contributed by atoms with van der Waals surface area (Å²) in [6.07, 6.45) is 1.94. The lowest BCUT2D eigenvalue weighted by molar-refractivity contribution is 0.100. The van der Waals surface area contributed by atoms with Crippen LogP contribution < -0.4 is 16.4 Å². The fourth-order valence-electron chi connectivity index (χ4n) is 2.09. The molecule has 0 aliphatic rings. The predicted molar refractivity (Wildman–Crippen MR) is 78.6 cm³/mol. The molecule has 0 unspecified atom stereocenters. The summed E-state index contributed by atoms with van der Waals surface area (Å²) in [4.78, 5) is 13.7. The minimum absolute atomic E-state index is 0.209. The molecule has 0 atom stereocenters. The van der Waals surface area contributed by atoms with Crippen molar-refractivity contribution in [2.45, 2.75) is 32.7 Å². The van der Waals surface area contributed by atoms with Crippen molar-refractivity contribution in [1.82, 2.24) is 4.37 Å². The van der Waals surface area contributed by atoms with Gasteiger partial charge < -0.3 is 21.1 Å². The van der Waals surface area contributed by atoms with Gasteiger partial charge in [-0.25, -0.2) is 0 Å². The Hall–Kier alpha value is -1.34. The standard InChI is InChI=1S/C12H22N4O2S/c1-4-8(5-2)16(6-7-18-3)12-9(11(14)17)10(13)15-19-12/h8H,4-7H2,1-3H3,(H2,13,15)(H2,14,17). The average Bonchev–Trinajstić information content (AvgIpc) is 2.76. The smallest absolute Gasteiger partial charge is 0.255 e. The van der Waals surface area contributed by atoms with E-state index in [0.717, 1.165) is 17.8 Å². The number of methoxy groups -OCH3 is 1. The number of nitrogens with two attached hydrogens (primary N) is 2. The second-order valence-electron chi connectivity index (χ2n) is 4.27. The summed E-state index contributed by atoms with van der Waals surface area (Å²) in [5.41, 5.74) is 11.5. The third-order valence-electron chi connectivity index (χ3n) is 3.13. The Balaban J connectivity index is 3.12. The highest BCUT2D eigenvalue weighted by Gasteiger charge is 2.25. The maximum atomic E-state index is 11.5. The van der Waals surface area contributed by atoms with Gasteiger partial charge in [0, 0.05) is 19.7 Å². The molecule has 108 valence electrons. The van der Waals surface area contributed by atoms with Crippen molar-refractivity contribution in [2.24, 2.45) is 5.73 Å². The highest BCUT2D eigenvalue weighted by Crippen LogP contribution is 2.32. The van der Waals surface area contributed by atoms with Crippen molar-refractivity contribution >= 4 is 28.3 Å². The fraction of sp³-hybridized carbons (Fsp3) is 0.667. The number of primary amides is 1. The van der Waals surface area contributed by atoms with E-state index in [0.29, 0.717) is 24.8 Å². The van der Waals surface area contributed by atoms with E-state index in [1.54, 1.807) is 7.11 Å². The summed E-state index contributed by atoms with van der Waals surface area (Å²) >= 11 is 1.22. The molecule has 0 saturated heterocycles. The molecule has 4 N–H and O–H groups in total. The number of carbonyl (C=O) groups excluding carboxylic acids is 1. The van der Waals surface area contributed by atoms with Crippen LogP contribution in [0.4, 0.5) is 10.8 Å². The summed E-state index contributed by atoms with van der Waals surface area (Å²) in [6.45, 7) is 5.49. The first-order valence-electron chi connectivity index (χ1n) is 6.37. The average molecular weight is 286 g/mol. The van der Waals surface area contributed by atoms with Crippen molar-refractivity contribution < 1.29 is 9.53 Å². The van der Waals surface area contributed by atoms with Gasteiger partial charge in [-0.1, -0.05) is 13.8 Å². The Morgan fingerprint density at radius 2 is 2.11 bits per heavy atom. The molecule has 1 aromatic heterocycles. The summed E-state index contributed by atoms with van der Waals surface area (Å²) in [6, 6.07) is 0.313. The number of carbonyl (C=O) groups is 1. The molecule has 7 heteroatoms. The van der Waals surface area contributed by atoms with Crippen LogP contribution in [0.3, 0.4) is 0 Å². The van der Waals surface area contributed by atoms with E-state index < -0.39 is 5.91 Å². The molecule has 1 rings (SSSR count). The zero-order chi connectivity index (χ0) is 14.4. The number of hydrogen-bond acceptors (Lipinski definition) is 6. The van der Waals surface area contributed by atoms with E-state index in [1.807, 2.05) is 0 Å². The van der Waals surface area contributed by atoms with Gasteiger partial charge in [-0.05, 0) is 24.4 Å². The van der Waals surface area contributed by atoms with Crippen molar-refractivity contribution in [2.75, 3.05) is 30.9 Å². The van der Waals surface area contributed by atoms with Crippen LogP contribution in [0, 0.1) is 0 Å². The first-order valence-corrected chi connectivity index (χ1v) is 7.14. The number of aromatic nitrogens is 1. The van der Waals surface area contributed by atoms with Gasteiger partial charge in [0.1, 0.15) is 10.6 Å². The molecule has 1 amide bonds. The van der Waals surface area contributed by atoms with Crippen LogP contribution in [0.5, 0.6) is 0 Å². The molecule has 0 spiro atoms. The van der Waals surface area contributed by atoms with Gasteiger partial charge >= 0.3 is 0 Å². The maximum Gasteiger partial charge on any atom is 0.255 e. The van der Waals surface area contributed by atoms with Gasteiger partial charge in [0.2, 0.25) is 0 Å². The molecule has 1 aromatic rings. The van der Waals surface area contributed by atoms with Crippen LogP contribution in [0.25, 0.3) is 0 Å². The van der Waals surface area contributed by atoms with E-state index in [1.165, 1.54) is 11.5 Å². The lowest BCUT2D eigenvalue weighted by Crippen LogP contribution is -2.37. The number of anilines is 2. The molecule has 0 saturated carbocycles. The van der Waals surface area contributed by atoms with Crippen molar-refractivity contribution in [3.8, 4) is 0 Å². The SMILES string of the molecule is CCC(CC)N(CCOC)c1snc(N)c1C(N)=O. The van der Waals surface area contributed by atoms with Crippen LogP contribution in [-0.4, -0.2) is 36.6 Å². The van der Waals surface area contributed by atoms with E-state index in [4.69, 9.17) is 16.2 Å². The number of amides is 1. The van der Waals surface area contributed by atoms with Crippen LogP contribution in [-0.2, 0) is 4.74 Å². The monoisotopic (exact) mass is 286 g/mol. The largest absolute Gasteiger partial charge is 0.383 e. The van der Waals surface area contributed by atoms with Crippen molar-refractivity contribution in [1.29, 1.82) is 0 Å². The van der Waals surface area contributed by atoms with Gasteiger partial charge in [-0.2, -0.15) is 4.37 Å². The van der Waals surface area contributed by atoms with Gasteiger partial charge in [0.05, 0.1) is 6.61 Å². The molecular formula is C12H22N4O2S. The second kappa shape index (κ2) is 7.30. The Bertz CT molecular complexity index is 418. The molecule has 0 bridgehead atoms. The summed E-state index contributed by atoms with van der Waals surface area (Å²) in [5.74, 6) is -0.324. The highest BCUT2D eigenvalue weighted by atomic mass is 32.1. The molecule has 1 heterocycles. The topological polar surface area (TPSA) is 94.5 Å². The lowest BCUT2D eigenvalue weighted by Gasteiger charge is -2.31. The fourth-order valence-corrected chi connectivity index (χ4v) is 3.01. The van der Waals surface area contributed by atoms with E-state index in [9.17, 15) is 4.79 Å². The number of hydrogen-bond donors (Lipinski definition) is 2. The summed E-state index contributed by atoms with van der Waals surface area (Å²) < 4.78 is 9.19. The zero-order valence-electron chi connectivity index (χ0n) is 11.7. The molecule has 0 radical (unpaired) electrons. The maximum absolute atomic E-state index is 11.5. The second-order valence-corrected chi connectivity index (χ2v) is 5.02. The van der Waals surface area contributed by atoms with Crippen molar-refractivity contribution in [3.63, 3.8) is 0 Å². The third kappa shape index (κ3) is 3.57. The number of nitrogen functional groups attached to an aromatic ring is 1. The quantitative estimate of drug-likeness (QED) is 0.754. The van der Waals surface area contributed by atoms with Crippen LogP contribution in [0.2, 0.25) is 0 Å². The minimum atomic E-state index is -0.533.